The van der Waals surface area contributed by atoms with Crippen LogP contribution >= 0.6 is 0 Å². The molecule has 1 saturated carbocycles. The molecule has 1 aromatic heterocycles. The molecule has 33 heavy (non-hydrogen) atoms. The third kappa shape index (κ3) is 4.64. The Kier molecular flexibility index (Phi) is 5.78. The third-order valence-electron chi connectivity index (χ3n) is 5.64. The first kappa shape index (κ1) is 23.0. The summed E-state index contributed by atoms with van der Waals surface area (Å²) in [5.41, 5.74) is -0.919. The summed E-state index contributed by atoms with van der Waals surface area (Å²) in [6, 6.07) is 1.72. The van der Waals surface area contributed by atoms with Crippen molar-refractivity contribution in [2.75, 3.05) is 6.54 Å². The molecule has 4 rings (SSSR count). The fourth-order valence-corrected chi connectivity index (χ4v) is 4.02. The quantitative estimate of drug-likeness (QED) is 0.506. The number of hydrogen-bond donors (Lipinski definition) is 2. The summed E-state index contributed by atoms with van der Waals surface area (Å²) in [6.45, 7) is 9.59. The average Bonchev–Trinajstić information content (AvgIpc) is 3.46. The van der Waals surface area contributed by atoms with Crippen molar-refractivity contribution in [3.05, 3.63) is 52.1 Å². The van der Waals surface area contributed by atoms with Gasteiger partial charge in [0.1, 0.15) is 11.2 Å². The van der Waals surface area contributed by atoms with Gasteiger partial charge >= 0.3 is 11.9 Å². The van der Waals surface area contributed by atoms with Gasteiger partial charge in [0.2, 0.25) is 11.5 Å². The summed E-state index contributed by atoms with van der Waals surface area (Å²) in [4.78, 5) is 37.5. The van der Waals surface area contributed by atoms with E-state index >= 15 is 4.39 Å². The highest BCUT2D eigenvalue weighted by Gasteiger charge is 2.38. The maximum Gasteiger partial charge on any atom is 0.349 e. The summed E-state index contributed by atoms with van der Waals surface area (Å²) in [5.74, 6) is -3.06. The normalized spacial score (nSPS) is 19.5. The van der Waals surface area contributed by atoms with Crippen molar-refractivity contribution in [2.45, 2.75) is 63.8 Å². The summed E-state index contributed by atoms with van der Waals surface area (Å²) in [7, 11) is 0. The Balaban J connectivity index is 1.86. The fourth-order valence-electron chi connectivity index (χ4n) is 4.02. The minimum atomic E-state index is -1.36. The highest BCUT2D eigenvalue weighted by Crippen LogP contribution is 2.40. The predicted octanol–water partition coefficient (Wildman–Crippen LogP) is 3.18. The van der Waals surface area contributed by atoms with Gasteiger partial charge in [-0.1, -0.05) is 12.2 Å². The van der Waals surface area contributed by atoms with Crippen LogP contribution in [0.15, 0.2) is 35.3 Å². The lowest BCUT2D eigenvalue weighted by Crippen LogP contribution is -2.47. The summed E-state index contributed by atoms with van der Waals surface area (Å²) >= 11 is 0. The monoisotopic (exact) mass is 458 g/mol. The minimum Gasteiger partial charge on any atom is -0.477 e. The molecule has 2 unspecified atom stereocenters. The summed E-state index contributed by atoms with van der Waals surface area (Å²) in [5, 5.41) is 12.6. The number of carbonyl (C=O) groups is 2. The van der Waals surface area contributed by atoms with Crippen LogP contribution < -0.4 is 15.5 Å². The first-order chi connectivity index (χ1) is 15.5. The highest BCUT2D eigenvalue weighted by atomic mass is 19.1. The van der Waals surface area contributed by atoms with Gasteiger partial charge in [-0.2, -0.15) is 0 Å². The number of carboxylic acid groups (broad SMARTS) is 1. The molecule has 176 valence electrons. The summed E-state index contributed by atoms with van der Waals surface area (Å²) < 4.78 is 28.3. The number of esters is 1. The smallest absolute Gasteiger partial charge is 0.349 e. The van der Waals surface area contributed by atoms with Gasteiger partial charge in [0.05, 0.1) is 16.9 Å². The predicted molar refractivity (Wildman–Crippen MR) is 119 cm³/mol. The van der Waals surface area contributed by atoms with Crippen LogP contribution in [-0.2, 0) is 9.53 Å². The molecule has 1 aromatic carbocycles. The third-order valence-corrected chi connectivity index (χ3v) is 5.64. The van der Waals surface area contributed by atoms with Crippen LogP contribution in [0.5, 0.6) is 5.75 Å². The van der Waals surface area contributed by atoms with Crippen molar-refractivity contribution in [2.24, 2.45) is 0 Å². The van der Waals surface area contributed by atoms with E-state index in [4.69, 9.17) is 9.47 Å². The second-order valence-corrected chi connectivity index (χ2v) is 9.60. The Labute approximate surface area is 190 Å². The van der Waals surface area contributed by atoms with Gasteiger partial charge < -0.3 is 24.5 Å². The van der Waals surface area contributed by atoms with Crippen LogP contribution in [-0.4, -0.2) is 45.9 Å². The van der Waals surface area contributed by atoms with Crippen LogP contribution in [0, 0.1) is 5.82 Å². The van der Waals surface area contributed by atoms with Crippen molar-refractivity contribution in [1.29, 1.82) is 0 Å². The zero-order chi connectivity index (χ0) is 24.1. The molecule has 2 aromatic rings. The molecule has 2 atom stereocenters. The first-order valence-electron chi connectivity index (χ1n) is 10.9. The van der Waals surface area contributed by atoms with Gasteiger partial charge in [0.25, 0.3) is 0 Å². The van der Waals surface area contributed by atoms with Crippen LogP contribution in [0.2, 0.25) is 0 Å². The highest BCUT2D eigenvalue weighted by molar-refractivity contribution is 5.94. The molecule has 2 fully saturated rings. The second-order valence-electron chi connectivity index (χ2n) is 9.60. The van der Waals surface area contributed by atoms with Gasteiger partial charge in [-0.05, 0) is 52.2 Å². The Morgan fingerprint density at radius 1 is 1.30 bits per heavy atom. The Morgan fingerprint density at radius 2 is 2.00 bits per heavy atom. The lowest BCUT2D eigenvalue weighted by molar-refractivity contribution is -0.164. The largest absolute Gasteiger partial charge is 0.477 e. The second kappa shape index (κ2) is 8.30. The number of carboxylic acids is 1. The number of nitrogens with zero attached hydrogens (tertiary/aromatic N) is 1. The van der Waals surface area contributed by atoms with E-state index in [9.17, 15) is 19.5 Å². The van der Waals surface area contributed by atoms with Crippen LogP contribution in [0.3, 0.4) is 0 Å². The number of halogens is 1. The Morgan fingerprint density at radius 3 is 2.55 bits per heavy atom. The number of benzene rings is 1. The zero-order valence-electron chi connectivity index (χ0n) is 18.8. The number of carbonyl (C=O) groups excluding carboxylic acids is 1. The van der Waals surface area contributed by atoms with Crippen molar-refractivity contribution in [3.8, 4) is 5.75 Å². The number of hydrogen-bond acceptors (Lipinski definition) is 6. The summed E-state index contributed by atoms with van der Waals surface area (Å²) in [6.07, 6.45) is 1.98. The van der Waals surface area contributed by atoms with Crippen LogP contribution in [0.1, 0.15) is 56.4 Å². The molecule has 0 amide bonds. The van der Waals surface area contributed by atoms with Gasteiger partial charge in [0, 0.05) is 18.8 Å². The van der Waals surface area contributed by atoms with E-state index in [2.05, 4.69) is 11.9 Å². The van der Waals surface area contributed by atoms with E-state index < -0.39 is 46.5 Å². The SMILES string of the molecule is C=C1CNC(C(Oc2c(F)ccc3c(=O)c(C(=O)O)cn(C4CC4)c23)C(=O)OC(C)(C)C)C1. The first-order valence-corrected chi connectivity index (χ1v) is 10.9. The van der Waals surface area contributed by atoms with E-state index in [0.717, 1.165) is 24.5 Å². The van der Waals surface area contributed by atoms with E-state index in [1.54, 1.807) is 25.3 Å². The number of nitrogens with one attached hydrogen (secondary N) is 1. The Hall–Kier alpha value is -3.20. The van der Waals surface area contributed by atoms with Crippen molar-refractivity contribution >= 4 is 22.8 Å². The maximum atomic E-state index is 15.2. The molecule has 2 aliphatic rings. The number of pyridine rings is 1. The molecule has 2 heterocycles. The molecular formula is C24H27FN2O6. The average molecular weight is 458 g/mol. The topological polar surface area (TPSA) is 107 Å². The minimum absolute atomic E-state index is 0.0185. The molecule has 0 bridgehead atoms. The molecular weight excluding hydrogens is 431 g/mol. The number of aromatic nitrogens is 1. The van der Waals surface area contributed by atoms with E-state index in [1.807, 2.05) is 0 Å². The number of ether oxygens (including phenoxy) is 2. The molecule has 1 saturated heterocycles. The number of rotatable bonds is 6. The van der Waals surface area contributed by atoms with Crippen molar-refractivity contribution in [1.82, 2.24) is 9.88 Å². The number of aromatic carboxylic acids is 1. The molecule has 0 spiro atoms. The molecule has 9 heteroatoms. The fraction of sp³-hybridized carbons (Fsp3) is 0.458. The molecule has 8 nitrogen and oxygen atoms in total. The van der Waals surface area contributed by atoms with E-state index in [0.29, 0.717) is 13.0 Å². The molecule has 1 aliphatic heterocycles. The van der Waals surface area contributed by atoms with Crippen LogP contribution in [0.4, 0.5) is 4.39 Å². The van der Waals surface area contributed by atoms with E-state index in [-0.39, 0.29) is 22.7 Å². The van der Waals surface area contributed by atoms with Crippen molar-refractivity contribution in [3.63, 3.8) is 0 Å². The van der Waals surface area contributed by atoms with Gasteiger partial charge in [0.15, 0.2) is 11.6 Å². The Bertz CT molecular complexity index is 1210. The lowest BCUT2D eigenvalue weighted by Gasteiger charge is -2.28. The molecule has 2 N–H and O–H groups in total. The van der Waals surface area contributed by atoms with Gasteiger partial charge in [-0.25, -0.2) is 14.0 Å². The lowest BCUT2D eigenvalue weighted by atomic mass is 10.1. The van der Waals surface area contributed by atoms with Gasteiger partial charge in [-0.15, -0.1) is 0 Å². The zero-order valence-corrected chi connectivity index (χ0v) is 18.8. The van der Waals surface area contributed by atoms with Crippen LogP contribution in [0.25, 0.3) is 10.9 Å². The standard InChI is InChI=1S/C24H27FN2O6/c1-12-9-17(26-10-12)21(23(31)33-24(2,3)4)32-20-16(25)8-7-14-18(20)27(13-5-6-13)11-15(19(14)28)22(29)30/h7-8,11,13,17,21,26H,1,5-6,9-10H2,2-4H3,(H,29,30). The van der Waals surface area contributed by atoms with Gasteiger partial charge in [-0.3, -0.25) is 4.79 Å². The molecule has 1 aliphatic carbocycles. The van der Waals surface area contributed by atoms with E-state index in [1.165, 1.54) is 12.3 Å². The molecule has 0 radical (unpaired) electrons. The van der Waals surface area contributed by atoms with Crippen molar-refractivity contribution < 1.29 is 28.6 Å². The number of fused-ring (bicyclic) bond motifs is 1. The maximum absolute atomic E-state index is 15.2.